The van der Waals surface area contributed by atoms with Gasteiger partial charge in [-0.1, -0.05) is 53.1 Å². The number of hydrogen-bond acceptors (Lipinski definition) is 10. The molecule has 2 N–H and O–H groups in total. The van der Waals surface area contributed by atoms with E-state index < -0.39 is 70.2 Å². The number of furan rings is 1. The smallest absolute Gasteiger partial charge is 0.271 e. The van der Waals surface area contributed by atoms with E-state index in [1.807, 2.05) is 6.08 Å². The van der Waals surface area contributed by atoms with Crippen molar-refractivity contribution in [3.8, 4) is 5.75 Å². The Morgan fingerprint density at radius 2 is 1.75 bits per heavy atom. The second-order valence-corrected chi connectivity index (χ2v) is 14.3. The van der Waals surface area contributed by atoms with Crippen molar-refractivity contribution in [2.75, 3.05) is 17.4 Å². The highest BCUT2D eigenvalue weighted by Crippen LogP contribution is 2.64. The molecular weight excluding hydrogens is 727 g/mol. The number of halogens is 2. The number of imide groups is 2. The van der Waals surface area contributed by atoms with Crippen LogP contribution in [-0.2, 0) is 31.2 Å². The fourth-order valence-corrected chi connectivity index (χ4v) is 9.24. The maximum Gasteiger partial charge on any atom is 0.271 e. The molecule has 4 aromatic rings. The molecule has 0 radical (unpaired) electrons. The number of rotatable bonds is 8. The van der Waals surface area contributed by atoms with Crippen LogP contribution in [0, 0.1) is 33.8 Å². The van der Waals surface area contributed by atoms with Crippen LogP contribution in [0.3, 0.4) is 0 Å². The molecule has 270 valence electrons. The van der Waals surface area contributed by atoms with Crippen LogP contribution in [0.5, 0.6) is 5.75 Å². The predicted molar refractivity (Wildman–Crippen MR) is 191 cm³/mol. The number of anilines is 2. The number of fused-ring (bicyclic) bond motifs is 4. The number of non-ortho nitro benzene ring substituents is 1. The lowest BCUT2D eigenvalue weighted by molar-refractivity contribution is -0.384. The van der Waals surface area contributed by atoms with Crippen LogP contribution in [0.1, 0.15) is 35.8 Å². The quantitative estimate of drug-likeness (QED) is 0.0915. The Bertz CT molecular complexity index is 2260. The number of nitrogens with one attached hydrogen (secondary N) is 1. The van der Waals surface area contributed by atoms with Crippen molar-refractivity contribution in [2.45, 2.75) is 30.8 Å². The molecule has 2 saturated heterocycles. The zero-order valence-electron chi connectivity index (χ0n) is 27.9. The molecule has 0 spiro atoms. The van der Waals surface area contributed by atoms with Crippen LogP contribution in [-0.4, -0.2) is 45.8 Å². The minimum Gasteiger partial charge on any atom is -0.497 e. The van der Waals surface area contributed by atoms with Gasteiger partial charge >= 0.3 is 0 Å². The van der Waals surface area contributed by atoms with E-state index in [2.05, 4.69) is 5.43 Å². The number of ether oxygens (including phenoxy) is 1. The van der Waals surface area contributed by atoms with Crippen LogP contribution in [0.4, 0.5) is 17.1 Å². The van der Waals surface area contributed by atoms with Crippen LogP contribution in [0.15, 0.2) is 94.9 Å². The maximum absolute atomic E-state index is 15.3. The van der Waals surface area contributed by atoms with Crippen molar-refractivity contribution in [2.24, 2.45) is 23.7 Å². The maximum atomic E-state index is 15.3. The lowest BCUT2D eigenvalue weighted by atomic mass is 9.50. The Hall–Kier alpha value is -5.50. The first kappa shape index (κ1) is 34.6. The molecule has 15 heteroatoms. The lowest BCUT2D eigenvalue weighted by Gasteiger charge is -2.49. The summed E-state index contributed by atoms with van der Waals surface area (Å²) in [5, 5.41) is 23.1. The number of benzene rings is 3. The molecular formula is C38H30Cl2N4O9. The van der Waals surface area contributed by atoms with Crippen molar-refractivity contribution in [3.63, 3.8) is 0 Å². The summed E-state index contributed by atoms with van der Waals surface area (Å²) in [6, 6.07) is 20.0. The van der Waals surface area contributed by atoms with Crippen molar-refractivity contribution in [3.05, 3.63) is 128 Å². The molecule has 13 nitrogen and oxygen atoms in total. The van der Waals surface area contributed by atoms with Gasteiger partial charge in [0.2, 0.25) is 11.8 Å². The zero-order valence-corrected chi connectivity index (χ0v) is 29.4. The third-order valence-electron chi connectivity index (χ3n) is 11.0. The second-order valence-electron chi connectivity index (χ2n) is 13.5. The fraction of sp³-hybridized carbons (Fsp3) is 0.263. The second kappa shape index (κ2) is 12.9. The van der Waals surface area contributed by atoms with Crippen molar-refractivity contribution in [1.29, 1.82) is 0 Å². The van der Waals surface area contributed by atoms with E-state index in [0.29, 0.717) is 21.9 Å². The third kappa shape index (κ3) is 5.17. The average molecular weight is 758 g/mol. The molecule has 3 heterocycles. The molecule has 0 bridgehead atoms. The van der Waals surface area contributed by atoms with Gasteiger partial charge in [0.25, 0.3) is 17.5 Å². The number of nitro benzene ring substituents is 1. The topological polar surface area (TPSA) is 173 Å². The summed E-state index contributed by atoms with van der Waals surface area (Å²) in [5.74, 6) is -5.78. The van der Waals surface area contributed by atoms with Crippen LogP contribution < -0.4 is 15.1 Å². The molecule has 1 saturated carbocycles. The standard InChI is InChI=1S/C38H30Cl2N4O9/c1-52-23-8-5-19(6-9-23)38-28(35(47)43(37(38)49)41-30-13-7-20(39)15-29(30)40)17-27-25(33(38)31-14-10-24(18-45)53-31)11-12-26-32(27)36(48)42(34(26)46)21-3-2-4-22(16-21)44(50)51/h2-11,13-16,26-28,32-33,41,45H,12,17-18H2,1H3. The monoisotopic (exact) mass is 756 g/mol. The van der Waals surface area contributed by atoms with Gasteiger partial charge in [-0.25, -0.2) is 4.90 Å². The van der Waals surface area contributed by atoms with Crippen molar-refractivity contribution >= 4 is 63.9 Å². The third-order valence-corrected chi connectivity index (χ3v) is 11.5. The number of aliphatic hydroxyl groups excluding tert-OH is 1. The molecule has 3 aromatic carbocycles. The van der Waals surface area contributed by atoms with E-state index in [1.54, 1.807) is 48.5 Å². The number of aliphatic hydroxyl groups is 1. The van der Waals surface area contributed by atoms with Gasteiger partial charge in [0.05, 0.1) is 52.1 Å². The van der Waals surface area contributed by atoms with Crippen molar-refractivity contribution in [1.82, 2.24) is 5.01 Å². The molecule has 4 aliphatic rings. The first-order chi connectivity index (χ1) is 25.5. The summed E-state index contributed by atoms with van der Waals surface area (Å²) in [6.07, 6.45) is 1.98. The largest absolute Gasteiger partial charge is 0.497 e. The number of hydrogen-bond donors (Lipinski definition) is 2. The Labute approximate surface area is 311 Å². The Kier molecular flexibility index (Phi) is 8.39. The van der Waals surface area contributed by atoms with Gasteiger partial charge in [-0.15, -0.1) is 0 Å². The van der Waals surface area contributed by atoms with Gasteiger partial charge in [-0.2, -0.15) is 5.01 Å². The minimum atomic E-state index is -1.64. The van der Waals surface area contributed by atoms with Gasteiger partial charge in [-0.3, -0.25) is 34.7 Å². The highest BCUT2D eigenvalue weighted by molar-refractivity contribution is 6.36. The number of methoxy groups -OCH3 is 1. The number of amides is 4. The SMILES string of the molecule is COc1ccc(C23C(=O)N(Nc4ccc(Cl)cc4Cl)C(=O)C2CC2C(=CCC4C(=O)N(c5cccc([N+](=O)[O-])c5)C(=O)C42)C3c2ccc(CO)o2)cc1. The van der Waals surface area contributed by atoms with Crippen LogP contribution in [0.2, 0.25) is 10.0 Å². The Morgan fingerprint density at radius 3 is 2.43 bits per heavy atom. The van der Waals surface area contributed by atoms with E-state index in [-0.39, 0.29) is 46.4 Å². The highest BCUT2D eigenvalue weighted by atomic mass is 35.5. The van der Waals surface area contributed by atoms with E-state index in [9.17, 15) is 29.6 Å². The number of carbonyl (C=O) groups excluding carboxylic acids is 4. The van der Waals surface area contributed by atoms with Gasteiger partial charge in [0.15, 0.2) is 0 Å². The summed E-state index contributed by atoms with van der Waals surface area (Å²) in [5.41, 5.74) is 2.45. The number of nitrogens with zero attached hydrogens (tertiary/aromatic N) is 3. The molecule has 6 unspecified atom stereocenters. The van der Waals surface area contributed by atoms with Gasteiger partial charge < -0.3 is 14.3 Å². The normalized spacial score (nSPS) is 26.3. The lowest BCUT2D eigenvalue weighted by Crippen LogP contribution is -2.53. The first-order valence-electron chi connectivity index (χ1n) is 16.8. The Morgan fingerprint density at radius 1 is 0.981 bits per heavy atom. The first-order valence-corrected chi connectivity index (χ1v) is 17.5. The number of nitro groups is 1. The van der Waals surface area contributed by atoms with E-state index in [1.165, 1.54) is 37.4 Å². The summed E-state index contributed by atoms with van der Waals surface area (Å²) in [7, 11) is 1.51. The molecule has 1 aromatic heterocycles. The highest BCUT2D eigenvalue weighted by Gasteiger charge is 2.71. The zero-order chi connectivity index (χ0) is 37.3. The molecule has 4 amide bonds. The van der Waals surface area contributed by atoms with E-state index >= 15 is 4.79 Å². The molecule has 2 aliphatic heterocycles. The van der Waals surface area contributed by atoms with Gasteiger partial charge in [0.1, 0.15) is 29.3 Å². The summed E-state index contributed by atoms with van der Waals surface area (Å²) < 4.78 is 11.6. The number of hydrazine groups is 1. The molecule has 53 heavy (non-hydrogen) atoms. The minimum absolute atomic E-state index is 0.00198. The van der Waals surface area contributed by atoms with Crippen molar-refractivity contribution < 1.29 is 38.4 Å². The van der Waals surface area contributed by atoms with E-state index in [0.717, 1.165) is 9.91 Å². The molecule has 6 atom stereocenters. The number of carbonyl (C=O) groups is 4. The predicted octanol–water partition coefficient (Wildman–Crippen LogP) is 6.19. The summed E-state index contributed by atoms with van der Waals surface area (Å²) in [4.78, 5) is 70.5. The molecule has 3 fully saturated rings. The molecule has 2 aliphatic carbocycles. The van der Waals surface area contributed by atoms with Crippen LogP contribution in [0.25, 0.3) is 0 Å². The summed E-state index contributed by atoms with van der Waals surface area (Å²) in [6.45, 7) is -0.431. The van der Waals surface area contributed by atoms with E-state index in [4.69, 9.17) is 32.4 Å². The average Bonchev–Trinajstić information content (AvgIpc) is 3.80. The molecule has 8 rings (SSSR count). The van der Waals surface area contributed by atoms with Crippen LogP contribution >= 0.6 is 23.2 Å². The fourth-order valence-electron chi connectivity index (χ4n) is 8.79. The summed E-state index contributed by atoms with van der Waals surface area (Å²) >= 11 is 12.6. The van der Waals surface area contributed by atoms with Gasteiger partial charge in [-0.05, 0) is 72.9 Å². The number of allylic oxidation sites excluding steroid dienone is 2. The van der Waals surface area contributed by atoms with Gasteiger partial charge in [0, 0.05) is 17.2 Å². The Balaban J connectivity index is 1.30.